The number of carbonyl (C=O) groups is 2. The summed E-state index contributed by atoms with van der Waals surface area (Å²) >= 11 is 1.73. The van der Waals surface area contributed by atoms with Crippen LogP contribution in [-0.2, 0) is 17.6 Å². The van der Waals surface area contributed by atoms with Gasteiger partial charge in [0, 0.05) is 54.8 Å². The van der Waals surface area contributed by atoms with E-state index in [9.17, 15) is 9.59 Å². The Balaban J connectivity index is 1.54. The number of nitrogens with one attached hydrogen (secondary N) is 1. The molecule has 40 heavy (non-hydrogen) atoms. The van der Waals surface area contributed by atoms with Crippen LogP contribution in [0.4, 0.5) is 0 Å². The van der Waals surface area contributed by atoms with Gasteiger partial charge in [-0.25, -0.2) is 4.98 Å². The van der Waals surface area contributed by atoms with E-state index < -0.39 is 6.04 Å². The van der Waals surface area contributed by atoms with E-state index in [0.717, 1.165) is 41.8 Å². The van der Waals surface area contributed by atoms with Crippen LogP contribution in [0.25, 0.3) is 11.0 Å². The van der Waals surface area contributed by atoms with E-state index in [1.807, 2.05) is 36.4 Å². The van der Waals surface area contributed by atoms with Crippen molar-refractivity contribution < 1.29 is 9.59 Å². The summed E-state index contributed by atoms with van der Waals surface area (Å²) in [5, 5.41) is 5.12. The summed E-state index contributed by atoms with van der Waals surface area (Å²) in [5.41, 5.74) is 3.31. The average molecular weight is 560 g/mol. The van der Waals surface area contributed by atoms with Crippen molar-refractivity contribution in [2.24, 2.45) is 5.92 Å². The number of likely N-dealkylation sites (N-methyl/N-ethyl adjacent to an activating group) is 1. The third-order valence-electron chi connectivity index (χ3n) is 7.36. The fourth-order valence-corrected chi connectivity index (χ4v) is 5.89. The van der Waals surface area contributed by atoms with Crippen LogP contribution in [0.15, 0.2) is 60.1 Å². The Morgan fingerprint density at radius 1 is 1.07 bits per heavy atom. The van der Waals surface area contributed by atoms with Crippen molar-refractivity contribution in [2.75, 3.05) is 13.6 Å². The quantitative estimate of drug-likeness (QED) is 0.209. The molecule has 4 rings (SSSR count). The molecule has 212 valence electrons. The Bertz CT molecular complexity index is 1390. The molecule has 0 fully saturated rings. The molecule has 0 aliphatic rings. The van der Waals surface area contributed by atoms with Gasteiger partial charge >= 0.3 is 0 Å². The van der Waals surface area contributed by atoms with Gasteiger partial charge in [0.2, 0.25) is 5.91 Å². The summed E-state index contributed by atoms with van der Waals surface area (Å²) in [5.74, 6) is 0.925. The molecule has 0 aliphatic heterocycles. The summed E-state index contributed by atoms with van der Waals surface area (Å²) in [4.78, 5) is 39.2. The lowest BCUT2D eigenvalue weighted by Crippen LogP contribution is -2.48. The van der Waals surface area contributed by atoms with Gasteiger partial charge in [-0.15, -0.1) is 11.3 Å². The largest absolute Gasteiger partial charge is 0.344 e. The number of amides is 2. The summed E-state index contributed by atoms with van der Waals surface area (Å²) in [7, 11) is 1.79. The first-order valence-corrected chi connectivity index (χ1v) is 15.2. The second-order valence-corrected chi connectivity index (χ2v) is 11.8. The molecule has 0 bridgehead atoms. The molecule has 0 spiro atoms. The highest BCUT2D eigenvalue weighted by Gasteiger charge is 2.26. The lowest BCUT2D eigenvalue weighted by Gasteiger charge is -2.26. The summed E-state index contributed by atoms with van der Waals surface area (Å²) in [6, 6.07) is 15.5. The van der Waals surface area contributed by atoms with Crippen LogP contribution in [-0.4, -0.2) is 50.9 Å². The zero-order chi connectivity index (χ0) is 28.6. The van der Waals surface area contributed by atoms with Gasteiger partial charge in [-0.3, -0.25) is 14.6 Å². The first kappa shape index (κ1) is 29.5. The van der Waals surface area contributed by atoms with E-state index in [2.05, 4.69) is 60.1 Å². The Morgan fingerprint density at radius 2 is 1.88 bits per heavy atom. The molecule has 0 aliphatic carbocycles. The average Bonchev–Trinajstić information content (AvgIpc) is 3.59. The molecule has 1 unspecified atom stereocenters. The number of imidazole rings is 1. The van der Waals surface area contributed by atoms with Crippen molar-refractivity contribution in [1.82, 2.24) is 24.8 Å². The van der Waals surface area contributed by atoms with E-state index in [-0.39, 0.29) is 17.7 Å². The van der Waals surface area contributed by atoms with Gasteiger partial charge in [0.1, 0.15) is 11.9 Å². The maximum absolute atomic E-state index is 13.5. The predicted octanol–water partition coefficient (Wildman–Crippen LogP) is 6.29. The van der Waals surface area contributed by atoms with Gasteiger partial charge in [-0.2, -0.15) is 0 Å². The zero-order valence-electron chi connectivity index (χ0n) is 24.3. The molecule has 0 saturated carbocycles. The first-order valence-electron chi connectivity index (χ1n) is 14.3. The van der Waals surface area contributed by atoms with Crippen LogP contribution in [0.5, 0.6) is 0 Å². The lowest BCUT2D eigenvalue weighted by molar-refractivity contribution is -0.132. The van der Waals surface area contributed by atoms with Crippen molar-refractivity contribution in [3.63, 3.8) is 0 Å². The maximum atomic E-state index is 13.5. The molecule has 3 aromatic heterocycles. The van der Waals surface area contributed by atoms with Crippen molar-refractivity contribution in [3.05, 3.63) is 82.1 Å². The Hall–Kier alpha value is -3.52. The third-order valence-corrected chi connectivity index (χ3v) is 8.24. The molecule has 4 aromatic rings. The number of hydrogen-bond acceptors (Lipinski definition) is 5. The van der Waals surface area contributed by atoms with Gasteiger partial charge in [0.05, 0.1) is 11.0 Å². The zero-order valence-corrected chi connectivity index (χ0v) is 25.1. The lowest BCUT2D eigenvalue weighted by atomic mass is 10.0. The monoisotopic (exact) mass is 559 g/mol. The van der Waals surface area contributed by atoms with E-state index >= 15 is 0 Å². The normalized spacial score (nSPS) is 12.3. The van der Waals surface area contributed by atoms with Crippen molar-refractivity contribution >= 4 is 34.2 Å². The number of fused-ring (bicyclic) bond motifs is 1. The fraction of sp³-hybridized carbons (Fsp3) is 0.438. The Morgan fingerprint density at radius 3 is 2.52 bits per heavy atom. The maximum Gasteiger partial charge on any atom is 0.252 e. The molecular weight excluding hydrogens is 518 g/mol. The number of nitrogens with zero attached hydrogens (tertiary/aromatic N) is 4. The molecule has 0 radical (unpaired) electrons. The van der Waals surface area contributed by atoms with Crippen molar-refractivity contribution in [3.8, 4) is 0 Å². The standard InChI is InChI=1S/C32H41N5O2S/c1-6-25(7-2)37-29-14-13-23(20-27(29)34-30(37)21-26-12-10-18-40-26)31(38)35-28(19-22(3)4)32(39)36(5)17-15-24-11-8-9-16-33-24/h8-14,16,18,20,22,25,28H,6-7,15,17,19,21H2,1-5H3,(H,35,38). The molecule has 7 nitrogen and oxygen atoms in total. The van der Waals surface area contributed by atoms with Crippen LogP contribution < -0.4 is 5.32 Å². The Labute approximate surface area is 241 Å². The number of thiophene rings is 1. The minimum absolute atomic E-state index is 0.0877. The van der Waals surface area contributed by atoms with Crippen LogP contribution >= 0.6 is 11.3 Å². The predicted molar refractivity (Wildman–Crippen MR) is 163 cm³/mol. The number of rotatable bonds is 13. The fourth-order valence-electron chi connectivity index (χ4n) is 5.18. The minimum Gasteiger partial charge on any atom is -0.344 e. The van der Waals surface area contributed by atoms with Crippen LogP contribution in [0.3, 0.4) is 0 Å². The number of aromatic nitrogens is 3. The van der Waals surface area contributed by atoms with Crippen molar-refractivity contribution in [2.45, 2.75) is 71.9 Å². The summed E-state index contributed by atoms with van der Waals surface area (Å²) in [6.07, 6.45) is 5.77. The second-order valence-electron chi connectivity index (χ2n) is 10.8. The molecule has 1 aromatic carbocycles. The number of benzene rings is 1. The topological polar surface area (TPSA) is 80.1 Å². The molecule has 2 amide bonds. The van der Waals surface area contributed by atoms with Gasteiger partial charge in [0.15, 0.2) is 0 Å². The molecule has 1 atom stereocenters. The van der Waals surface area contributed by atoms with Gasteiger partial charge in [-0.05, 0) is 67.0 Å². The van der Waals surface area contributed by atoms with E-state index in [4.69, 9.17) is 4.98 Å². The molecule has 0 saturated heterocycles. The second kappa shape index (κ2) is 13.7. The Kier molecular flexibility index (Phi) is 10.1. The number of carbonyl (C=O) groups excluding carboxylic acids is 2. The highest BCUT2D eigenvalue weighted by Crippen LogP contribution is 2.28. The molecule has 8 heteroatoms. The summed E-state index contributed by atoms with van der Waals surface area (Å²) in [6.45, 7) is 9.07. The van der Waals surface area contributed by atoms with Gasteiger partial charge < -0.3 is 14.8 Å². The first-order chi connectivity index (χ1) is 19.3. The minimum atomic E-state index is -0.603. The van der Waals surface area contributed by atoms with Gasteiger partial charge in [0.25, 0.3) is 5.91 Å². The highest BCUT2D eigenvalue weighted by atomic mass is 32.1. The SMILES string of the molecule is CCC(CC)n1c(Cc2cccs2)nc2cc(C(=O)NC(CC(C)C)C(=O)N(C)CCc3ccccn3)ccc21. The third kappa shape index (κ3) is 7.16. The highest BCUT2D eigenvalue weighted by molar-refractivity contribution is 7.09. The van der Waals surface area contributed by atoms with E-state index in [1.54, 1.807) is 29.5 Å². The summed E-state index contributed by atoms with van der Waals surface area (Å²) < 4.78 is 2.35. The van der Waals surface area contributed by atoms with Crippen LogP contribution in [0.2, 0.25) is 0 Å². The van der Waals surface area contributed by atoms with Gasteiger partial charge in [-0.1, -0.05) is 39.8 Å². The molecular formula is C32H41N5O2S. The van der Waals surface area contributed by atoms with Crippen LogP contribution in [0, 0.1) is 5.92 Å². The number of pyridine rings is 1. The van der Waals surface area contributed by atoms with Crippen LogP contribution in [0.1, 0.15) is 79.8 Å². The smallest absolute Gasteiger partial charge is 0.252 e. The molecule has 1 N–H and O–H groups in total. The van der Waals surface area contributed by atoms with E-state index in [1.165, 1.54) is 4.88 Å². The number of hydrogen-bond donors (Lipinski definition) is 1. The van der Waals surface area contributed by atoms with E-state index in [0.29, 0.717) is 31.0 Å². The van der Waals surface area contributed by atoms with Crippen molar-refractivity contribution in [1.29, 1.82) is 0 Å². The molecule has 3 heterocycles.